The van der Waals surface area contributed by atoms with Gasteiger partial charge in [-0.05, 0) is 74.2 Å². The van der Waals surface area contributed by atoms with Gasteiger partial charge in [0.25, 0.3) is 34.3 Å². The molecule has 4 aromatic heterocycles. The summed E-state index contributed by atoms with van der Waals surface area (Å²) in [5, 5.41) is 37.9. The molecule has 0 unspecified atom stereocenters. The summed E-state index contributed by atoms with van der Waals surface area (Å²) in [4.78, 5) is 28.0. The Labute approximate surface area is 274 Å². The van der Waals surface area contributed by atoms with Crippen LogP contribution in [0.2, 0.25) is 0 Å². The highest BCUT2D eigenvalue weighted by atomic mass is 16.3. The zero-order chi connectivity index (χ0) is 33.6. The molecule has 238 valence electrons. The zero-order valence-corrected chi connectivity index (χ0v) is 26.2. The van der Waals surface area contributed by atoms with Crippen LogP contribution in [-0.4, -0.2) is 20.2 Å². The fourth-order valence-electron chi connectivity index (χ4n) is 5.28. The van der Waals surface area contributed by atoms with Crippen LogP contribution >= 0.6 is 0 Å². The Morgan fingerprint density at radius 2 is 0.938 bits per heavy atom. The van der Waals surface area contributed by atoms with E-state index >= 15 is 0 Å². The van der Waals surface area contributed by atoms with E-state index in [1.807, 2.05) is 48.5 Å². The van der Waals surface area contributed by atoms with Gasteiger partial charge in [-0.1, -0.05) is 24.3 Å². The van der Waals surface area contributed by atoms with Gasteiger partial charge in [0.15, 0.2) is 12.4 Å². The molecular weight excluding hydrogens is 608 g/mol. The van der Waals surface area contributed by atoms with E-state index in [2.05, 4.69) is 30.4 Å². The average molecular weight is 641 g/mol. The topological polar surface area (TPSA) is 163 Å². The molecule has 48 heavy (non-hydrogen) atoms. The van der Waals surface area contributed by atoms with Crippen molar-refractivity contribution in [3.63, 3.8) is 0 Å². The molecule has 2 aromatic carbocycles. The van der Waals surface area contributed by atoms with E-state index in [-0.39, 0.29) is 22.9 Å². The lowest BCUT2D eigenvalue weighted by Crippen LogP contribution is -2.31. The third-order valence-corrected chi connectivity index (χ3v) is 7.60. The lowest BCUT2D eigenvalue weighted by molar-refractivity contribution is -0.596. The monoisotopic (exact) mass is 640 g/mol. The fourth-order valence-corrected chi connectivity index (χ4v) is 5.28. The molecule has 0 amide bonds. The van der Waals surface area contributed by atoms with Gasteiger partial charge < -0.3 is 10.2 Å². The molecule has 0 aliphatic rings. The van der Waals surface area contributed by atoms with Crippen LogP contribution in [0.15, 0.2) is 140 Å². The summed E-state index contributed by atoms with van der Waals surface area (Å²) in [6, 6.07) is 25.9. The number of aromatic hydroxyl groups is 2. The third kappa shape index (κ3) is 7.45. The molecule has 0 atom stereocenters. The minimum absolute atomic E-state index is 0.212. The number of rotatable bonds is 9. The molecule has 0 saturated carbocycles. The third-order valence-electron chi connectivity index (χ3n) is 7.60. The van der Waals surface area contributed by atoms with Gasteiger partial charge in [-0.15, -0.1) is 10.2 Å². The number of hydrogen-bond donors (Lipinski definition) is 4. The molecule has 0 aliphatic carbocycles. The molecule has 0 spiro atoms. The van der Waals surface area contributed by atoms with Crippen molar-refractivity contribution in [3.05, 3.63) is 153 Å². The van der Waals surface area contributed by atoms with Crippen molar-refractivity contribution in [1.29, 1.82) is 0 Å². The zero-order valence-electron chi connectivity index (χ0n) is 26.2. The quantitative estimate of drug-likeness (QED) is 0.108. The van der Waals surface area contributed by atoms with Crippen molar-refractivity contribution >= 4 is 22.7 Å². The number of H-pyrrole nitrogens is 2. The lowest BCUT2D eigenvalue weighted by Gasteiger charge is -2.04. The van der Waals surface area contributed by atoms with Crippen LogP contribution in [0.4, 0.5) is 22.7 Å². The number of benzene rings is 2. The van der Waals surface area contributed by atoms with E-state index < -0.39 is 0 Å². The van der Waals surface area contributed by atoms with Crippen LogP contribution in [0, 0.1) is 13.8 Å². The van der Waals surface area contributed by atoms with E-state index in [0.29, 0.717) is 45.3 Å². The first-order chi connectivity index (χ1) is 23.2. The number of aromatic nitrogens is 4. The van der Waals surface area contributed by atoms with Gasteiger partial charge in [0.1, 0.15) is 11.4 Å². The molecule has 0 fully saturated rings. The van der Waals surface area contributed by atoms with Gasteiger partial charge in [0.05, 0.1) is 11.4 Å². The minimum Gasteiger partial charge on any atom is -0.490 e. The van der Waals surface area contributed by atoms with E-state index in [1.54, 1.807) is 72.0 Å². The highest BCUT2D eigenvalue weighted by molar-refractivity contribution is 5.44. The number of aryl methyl sites for hydroxylation is 4. The molecule has 0 radical (unpaired) electrons. The molecule has 12 heteroatoms. The summed E-state index contributed by atoms with van der Waals surface area (Å²) in [6.07, 6.45) is 8.67. The molecule has 4 heterocycles. The number of nitrogens with zero attached hydrogens (tertiary/aromatic N) is 6. The standard InChI is InChI=1S/C36H30N8O4/c1-23-19-31(45)37-35(47)33(23)43-17-3-5-29(21-43)41-39-27-13-9-25(10-14-27)7-8-26-11-15-28(16-12-26)40-42-30-6-4-18-44(22-30)34-24(2)20-32(46)38-36(34)48/h3-6,9-22H,7-8H2,1-2H3,(H2-2,37,38,45,46,47,48)/p+2. The maximum absolute atomic E-state index is 11.6. The van der Waals surface area contributed by atoms with E-state index in [0.717, 1.165) is 12.8 Å². The molecule has 6 rings (SSSR count). The largest absolute Gasteiger partial charge is 0.490 e. The van der Waals surface area contributed by atoms with Gasteiger partial charge in [-0.25, -0.2) is 0 Å². The lowest BCUT2D eigenvalue weighted by atomic mass is 10.0. The van der Waals surface area contributed by atoms with Gasteiger partial charge in [-0.3, -0.25) is 19.6 Å². The smallest absolute Gasteiger partial charge is 0.274 e. The summed E-state index contributed by atoms with van der Waals surface area (Å²) in [5.41, 5.74) is 6.39. The van der Waals surface area contributed by atoms with Crippen molar-refractivity contribution in [2.24, 2.45) is 20.5 Å². The summed E-state index contributed by atoms with van der Waals surface area (Å²) < 4.78 is 3.38. The maximum atomic E-state index is 11.6. The first-order valence-corrected chi connectivity index (χ1v) is 15.1. The number of nitrogens with one attached hydrogen (secondary N) is 2. The van der Waals surface area contributed by atoms with Crippen LogP contribution in [0.3, 0.4) is 0 Å². The van der Waals surface area contributed by atoms with Gasteiger partial charge in [0.2, 0.25) is 12.4 Å². The predicted octanol–water partition coefficient (Wildman–Crippen LogP) is 6.26. The summed E-state index contributed by atoms with van der Waals surface area (Å²) in [7, 11) is 0. The second-order valence-corrected chi connectivity index (χ2v) is 11.2. The average Bonchev–Trinajstić information content (AvgIpc) is 3.06. The van der Waals surface area contributed by atoms with Crippen LogP contribution in [0.5, 0.6) is 11.8 Å². The Morgan fingerprint density at radius 3 is 1.31 bits per heavy atom. The second kappa shape index (κ2) is 13.8. The summed E-state index contributed by atoms with van der Waals surface area (Å²) in [5.74, 6) is -0.424. The highest BCUT2D eigenvalue weighted by Gasteiger charge is 2.19. The molecule has 0 aliphatic heterocycles. The van der Waals surface area contributed by atoms with E-state index in [4.69, 9.17) is 0 Å². The van der Waals surface area contributed by atoms with Crippen molar-refractivity contribution in [2.45, 2.75) is 26.7 Å². The van der Waals surface area contributed by atoms with Crippen molar-refractivity contribution < 1.29 is 19.3 Å². The Morgan fingerprint density at radius 1 is 0.562 bits per heavy atom. The van der Waals surface area contributed by atoms with Crippen LogP contribution in [-0.2, 0) is 12.8 Å². The van der Waals surface area contributed by atoms with Gasteiger partial charge >= 0.3 is 0 Å². The predicted molar refractivity (Wildman–Crippen MR) is 179 cm³/mol. The molecule has 12 nitrogen and oxygen atoms in total. The first kappa shape index (κ1) is 31.4. The molecule has 4 N–H and O–H groups in total. The first-order valence-electron chi connectivity index (χ1n) is 15.1. The number of azo groups is 2. The molecular formula is C36H32N8O4+2. The Bertz CT molecular complexity index is 2060. The van der Waals surface area contributed by atoms with Crippen molar-refractivity contribution in [1.82, 2.24) is 9.97 Å². The molecule has 0 bridgehead atoms. The number of aromatic amines is 2. The SMILES string of the molecule is Cc1cc(=O)[nH]c(O)c1-[n+]1cccc(N=Nc2ccc(CCc3ccc(N=Nc4ccc[n+](-c5c(C)cc(=O)[nH]c5O)c4)cc3)cc2)c1. The molecule has 6 aromatic rings. The van der Waals surface area contributed by atoms with Crippen LogP contribution in [0.1, 0.15) is 22.3 Å². The normalized spacial score (nSPS) is 11.5. The minimum atomic E-state index is -0.368. The maximum Gasteiger partial charge on any atom is 0.274 e. The second-order valence-electron chi connectivity index (χ2n) is 11.2. The Hall–Kier alpha value is -6.56. The summed E-state index contributed by atoms with van der Waals surface area (Å²) in [6.45, 7) is 3.51. The summed E-state index contributed by atoms with van der Waals surface area (Å²) >= 11 is 0. The highest BCUT2D eigenvalue weighted by Crippen LogP contribution is 2.23. The van der Waals surface area contributed by atoms with Gasteiger partial charge in [-0.2, -0.15) is 19.4 Å². The van der Waals surface area contributed by atoms with Gasteiger partial charge in [0, 0.05) is 35.4 Å². The van der Waals surface area contributed by atoms with Crippen LogP contribution in [0.25, 0.3) is 11.4 Å². The number of hydrogen-bond acceptors (Lipinski definition) is 8. The molecule has 0 saturated heterocycles. The fraction of sp³-hybridized carbons (Fsp3) is 0.111. The van der Waals surface area contributed by atoms with E-state index in [9.17, 15) is 19.8 Å². The van der Waals surface area contributed by atoms with Crippen molar-refractivity contribution in [2.75, 3.05) is 0 Å². The van der Waals surface area contributed by atoms with E-state index in [1.165, 1.54) is 23.3 Å². The van der Waals surface area contributed by atoms with Crippen LogP contribution < -0.4 is 20.3 Å². The van der Waals surface area contributed by atoms with Crippen molar-refractivity contribution in [3.8, 4) is 23.1 Å². The Balaban J connectivity index is 1.05. The number of pyridine rings is 4. The Kier molecular flexibility index (Phi) is 9.05.